The van der Waals surface area contributed by atoms with Crippen LogP contribution in [0.5, 0.6) is 0 Å². The lowest BCUT2D eigenvalue weighted by Gasteiger charge is -2.28. The minimum Gasteiger partial charge on any atom is -0.481 e. The molecular formula is C17H19NO2. The molecule has 1 unspecified atom stereocenters. The van der Waals surface area contributed by atoms with Gasteiger partial charge in [-0.3, -0.25) is 4.79 Å². The summed E-state index contributed by atoms with van der Waals surface area (Å²) in [5.74, 6) is -0.858. The average Bonchev–Trinajstić information content (AvgIpc) is 2.48. The number of nitrogens with one attached hydrogen (secondary N) is 1. The zero-order chi connectivity index (χ0) is 13.9. The molecule has 104 valence electrons. The molecule has 3 rings (SSSR count). The highest BCUT2D eigenvalue weighted by Gasteiger charge is 2.30. The van der Waals surface area contributed by atoms with Crippen LogP contribution in [0.15, 0.2) is 42.5 Å². The first-order chi connectivity index (χ1) is 9.75. The Kier molecular flexibility index (Phi) is 3.70. The van der Waals surface area contributed by atoms with Crippen molar-refractivity contribution in [2.75, 3.05) is 13.1 Å². The molecule has 0 spiro atoms. The zero-order valence-electron chi connectivity index (χ0n) is 11.4. The molecule has 1 aliphatic rings. The van der Waals surface area contributed by atoms with Gasteiger partial charge >= 0.3 is 5.97 Å². The largest absolute Gasteiger partial charge is 0.481 e. The Labute approximate surface area is 118 Å². The average molecular weight is 269 g/mol. The number of fused-ring (bicyclic) bond motifs is 1. The van der Waals surface area contributed by atoms with Crippen molar-refractivity contribution in [3.63, 3.8) is 0 Å². The number of hydrogen-bond acceptors (Lipinski definition) is 2. The molecule has 1 saturated heterocycles. The van der Waals surface area contributed by atoms with E-state index in [1.807, 2.05) is 36.4 Å². The quantitative estimate of drug-likeness (QED) is 0.900. The number of piperidine rings is 1. The van der Waals surface area contributed by atoms with Gasteiger partial charge in [0.15, 0.2) is 0 Å². The third-order valence-corrected chi connectivity index (χ3v) is 4.25. The van der Waals surface area contributed by atoms with Crippen LogP contribution in [0, 0.1) is 5.92 Å². The van der Waals surface area contributed by atoms with E-state index >= 15 is 0 Å². The van der Waals surface area contributed by atoms with Crippen LogP contribution in [0.3, 0.4) is 0 Å². The van der Waals surface area contributed by atoms with Gasteiger partial charge in [-0.2, -0.15) is 0 Å². The summed E-state index contributed by atoms with van der Waals surface area (Å²) in [6.45, 7) is 1.84. The van der Waals surface area contributed by atoms with Gasteiger partial charge < -0.3 is 10.4 Å². The summed E-state index contributed by atoms with van der Waals surface area (Å²) < 4.78 is 0. The second kappa shape index (κ2) is 5.63. The second-order valence-corrected chi connectivity index (χ2v) is 5.51. The van der Waals surface area contributed by atoms with Gasteiger partial charge in [0, 0.05) is 0 Å². The van der Waals surface area contributed by atoms with Crippen molar-refractivity contribution in [1.82, 2.24) is 5.32 Å². The second-order valence-electron chi connectivity index (χ2n) is 5.51. The van der Waals surface area contributed by atoms with Crippen LogP contribution in [-0.4, -0.2) is 24.2 Å². The molecule has 2 N–H and O–H groups in total. The predicted octanol–water partition coefficient (Wildman–Crippen LogP) is 3.01. The Morgan fingerprint density at radius 3 is 2.50 bits per heavy atom. The molecule has 3 heteroatoms. The molecule has 20 heavy (non-hydrogen) atoms. The highest BCUT2D eigenvalue weighted by Crippen LogP contribution is 2.32. The maximum Gasteiger partial charge on any atom is 0.311 e. The lowest BCUT2D eigenvalue weighted by molar-refractivity contribution is -0.140. The highest BCUT2D eigenvalue weighted by molar-refractivity contribution is 5.85. The Morgan fingerprint density at radius 2 is 1.80 bits per heavy atom. The third-order valence-electron chi connectivity index (χ3n) is 4.25. The summed E-state index contributed by atoms with van der Waals surface area (Å²) in [7, 11) is 0. The van der Waals surface area contributed by atoms with Gasteiger partial charge in [-0.1, -0.05) is 42.5 Å². The van der Waals surface area contributed by atoms with E-state index in [4.69, 9.17) is 0 Å². The van der Waals surface area contributed by atoms with Crippen molar-refractivity contribution in [3.8, 4) is 0 Å². The fourth-order valence-corrected chi connectivity index (χ4v) is 3.20. The van der Waals surface area contributed by atoms with Crippen molar-refractivity contribution in [3.05, 3.63) is 48.0 Å². The smallest absolute Gasteiger partial charge is 0.311 e. The van der Waals surface area contributed by atoms with Gasteiger partial charge in [0.2, 0.25) is 0 Å². The van der Waals surface area contributed by atoms with Crippen LogP contribution >= 0.6 is 0 Å². The van der Waals surface area contributed by atoms with Crippen LogP contribution < -0.4 is 5.32 Å². The summed E-state index contributed by atoms with van der Waals surface area (Å²) in [5.41, 5.74) is 0.933. The van der Waals surface area contributed by atoms with Crippen LogP contribution in [0.25, 0.3) is 10.8 Å². The fourth-order valence-electron chi connectivity index (χ4n) is 3.20. The molecule has 0 bridgehead atoms. The number of rotatable bonds is 3. The van der Waals surface area contributed by atoms with Crippen molar-refractivity contribution in [2.24, 2.45) is 5.92 Å². The van der Waals surface area contributed by atoms with Crippen molar-refractivity contribution in [2.45, 2.75) is 18.8 Å². The molecule has 1 fully saturated rings. The number of hydrogen-bond donors (Lipinski definition) is 2. The predicted molar refractivity (Wildman–Crippen MR) is 79.9 cm³/mol. The third kappa shape index (κ3) is 2.54. The number of benzene rings is 2. The van der Waals surface area contributed by atoms with Crippen LogP contribution in [0.4, 0.5) is 0 Å². The molecule has 3 nitrogen and oxygen atoms in total. The fraction of sp³-hybridized carbons (Fsp3) is 0.353. The zero-order valence-corrected chi connectivity index (χ0v) is 11.4. The Balaban J connectivity index is 1.98. The monoisotopic (exact) mass is 269 g/mol. The van der Waals surface area contributed by atoms with Crippen molar-refractivity contribution < 1.29 is 9.90 Å². The van der Waals surface area contributed by atoms with E-state index in [0.717, 1.165) is 42.3 Å². The lowest BCUT2D eigenvalue weighted by Crippen LogP contribution is -2.33. The van der Waals surface area contributed by atoms with Crippen LogP contribution in [-0.2, 0) is 4.79 Å². The highest BCUT2D eigenvalue weighted by atomic mass is 16.4. The molecule has 1 aliphatic heterocycles. The summed E-state index contributed by atoms with van der Waals surface area (Å²) in [5, 5.41) is 15.2. The van der Waals surface area contributed by atoms with Crippen LogP contribution in [0.2, 0.25) is 0 Å². The summed E-state index contributed by atoms with van der Waals surface area (Å²) >= 11 is 0. The maximum atomic E-state index is 11.7. The molecule has 1 atom stereocenters. The first kappa shape index (κ1) is 13.1. The Morgan fingerprint density at radius 1 is 1.10 bits per heavy atom. The number of carboxylic acids is 1. The van der Waals surface area contributed by atoms with E-state index in [1.165, 1.54) is 0 Å². The molecule has 0 aliphatic carbocycles. The Hall–Kier alpha value is -1.87. The van der Waals surface area contributed by atoms with E-state index < -0.39 is 5.97 Å². The van der Waals surface area contributed by atoms with Gasteiger partial charge in [-0.25, -0.2) is 0 Å². The van der Waals surface area contributed by atoms with E-state index in [-0.39, 0.29) is 11.8 Å². The molecule has 1 heterocycles. The normalized spacial score (nSPS) is 18.0. The summed E-state index contributed by atoms with van der Waals surface area (Å²) in [6.07, 6.45) is 1.87. The van der Waals surface area contributed by atoms with Crippen molar-refractivity contribution >= 4 is 16.7 Å². The number of carbonyl (C=O) groups is 1. The van der Waals surface area contributed by atoms with E-state index in [1.54, 1.807) is 0 Å². The van der Waals surface area contributed by atoms with Gasteiger partial charge in [0.05, 0.1) is 5.92 Å². The maximum absolute atomic E-state index is 11.7. The lowest BCUT2D eigenvalue weighted by atomic mass is 9.80. The number of carboxylic acid groups (broad SMARTS) is 1. The minimum atomic E-state index is -0.702. The topological polar surface area (TPSA) is 49.3 Å². The van der Waals surface area contributed by atoms with E-state index in [0.29, 0.717) is 0 Å². The first-order valence-corrected chi connectivity index (χ1v) is 7.18. The van der Waals surface area contributed by atoms with Crippen molar-refractivity contribution in [1.29, 1.82) is 0 Å². The molecule has 2 aromatic rings. The molecule has 0 amide bonds. The minimum absolute atomic E-state index is 0.231. The SMILES string of the molecule is O=C(O)C(c1ccc2ccccc2c1)C1CCNCC1. The summed E-state index contributed by atoms with van der Waals surface area (Å²) in [4.78, 5) is 11.7. The van der Waals surface area contributed by atoms with Gasteiger partial charge in [-0.05, 0) is 48.2 Å². The molecule has 0 radical (unpaired) electrons. The Bertz CT molecular complexity index is 617. The van der Waals surface area contributed by atoms with Gasteiger partial charge in [0.1, 0.15) is 0 Å². The molecule has 0 aromatic heterocycles. The molecule has 0 saturated carbocycles. The number of aliphatic carboxylic acids is 1. The van der Waals surface area contributed by atoms with Crippen LogP contribution in [0.1, 0.15) is 24.3 Å². The van der Waals surface area contributed by atoms with Gasteiger partial charge in [0.25, 0.3) is 0 Å². The standard InChI is InChI=1S/C17H19NO2/c19-17(20)16(13-7-9-18-10-8-13)15-6-5-12-3-1-2-4-14(12)11-15/h1-6,11,13,16,18H,7-10H2,(H,19,20). The molecule has 2 aromatic carbocycles. The van der Waals surface area contributed by atoms with E-state index in [2.05, 4.69) is 11.4 Å². The summed E-state index contributed by atoms with van der Waals surface area (Å²) in [6, 6.07) is 14.1. The molecular weight excluding hydrogens is 250 g/mol. The van der Waals surface area contributed by atoms with E-state index in [9.17, 15) is 9.90 Å². The first-order valence-electron chi connectivity index (χ1n) is 7.18. The van der Waals surface area contributed by atoms with Gasteiger partial charge in [-0.15, -0.1) is 0 Å².